The smallest absolute Gasteiger partial charge is 0.0131 e. The van der Waals surface area contributed by atoms with E-state index in [9.17, 15) is 0 Å². The van der Waals surface area contributed by atoms with Crippen LogP contribution in [0.1, 0.15) is 197 Å². The molecule has 0 saturated heterocycles. The zero-order chi connectivity index (χ0) is 55.2. The van der Waals surface area contributed by atoms with Gasteiger partial charge in [-0.15, -0.1) is 0 Å². The molecule has 4 atom stereocenters. The standard InChI is InChI=1S/C28H34.C13H14.C13H12.C7H10.6C2H6/c1-6-25-27(23-10-8-7-9-11-26(23)28(25,4)5)24-18-22(17-14-20(24)3)21-15-12-19(2)13-16-21;2*1-11-7-9-13(10-8-11)12-5-3-2-4-6-12;1-7-5-3-2-4-6-7;6*1-2/h8-12,14-15,17-18,25,27H,6-7,13,16H2,1-5H3;2-7,9-11H,8H2,1H3;2-10H,1H3;2-5,7H,6H2,1H3;6*1-2H3. The summed E-state index contributed by atoms with van der Waals surface area (Å²) in [4.78, 5) is 0. The lowest BCUT2D eigenvalue weighted by Crippen LogP contribution is -2.24. The quantitative estimate of drug-likeness (QED) is 0.187. The van der Waals surface area contributed by atoms with Crippen LogP contribution in [0.3, 0.4) is 0 Å². The first-order valence-corrected chi connectivity index (χ1v) is 29.0. The molecule has 0 bridgehead atoms. The van der Waals surface area contributed by atoms with Crippen LogP contribution in [0, 0.1) is 37.0 Å². The monoisotopic (exact) mass is 983 g/mol. The Kier molecular flexibility index (Phi) is 37.0. The average Bonchev–Trinajstić information content (AvgIpc) is 3.58. The van der Waals surface area contributed by atoms with Crippen molar-refractivity contribution >= 4 is 11.1 Å². The molecule has 0 heteroatoms. The zero-order valence-electron chi connectivity index (χ0n) is 50.4. The number of benzene rings is 4. The van der Waals surface area contributed by atoms with Gasteiger partial charge in [-0.2, -0.15) is 0 Å². The van der Waals surface area contributed by atoms with E-state index < -0.39 is 0 Å². The minimum atomic E-state index is 0.215. The zero-order valence-corrected chi connectivity index (χ0v) is 50.4. The molecule has 4 unspecified atom stereocenters. The molecule has 0 aromatic heterocycles. The van der Waals surface area contributed by atoms with E-state index in [1.54, 1.807) is 11.1 Å². The lowest BCUT2D eigenvalue weighted by molar-refractivity contribution is 0.265. The van der Waals surface area contributed by atoms with E-state index >= 15 is 0 Å². The van der Waals surface area contributed by atoms with Gasteiger partial charge in [0.1, 0.15) is 0 Å². The van der Waals surface area contributed by atoms with E-state index in [-0.39, 0.29) is 5.41 Å². The first-order valence-electron chi connectivity index (χ1n) is 29.0. The molecule has 4 aromatic carbocycles. The summed E-state index contributed by atoms with van der Waals surface area (Å²) in [6.45, 7) is 42.4. The predicted octanol–water partition coefficient (Wildman–Crippen LogP) is 23.7. The minimum absolute atomic E-state index is 0.215. The van der Waals surface area contributed by atoms with Crippen LogP contribution in [0.15, 0.2) is 199 Å². The third-order valence-corrected chi connectivity index (χ3v) is 13.1. The van der Waals surface area contributed by atoms with E-state index in [4.69, 9.17) is 0 Å². The highest BCUT2D eigenvalue weighted by molar-refractivity contribution is 5.75. The molecule has 0 aliphatic heterocycles. The summed E-state index contributed by atoms with van der Waals surface area (Å²) in [5, 5.41) is 0. The topological polar surface area (TPSA) is 0 Å². The first-order chi connectivity index (χ1) is 35.5. The van der Waals surface area contributed by atoms with E-state index in [0.717, 1.165) is 18.8 Å². The molecule has 0 N–H and O–H groups in total. The fourth-order valence-electron chi connectivity index (χ4n) is 9.28. The highest BCUT2D eigenvalue weighted by Crippen LogP contribution is 2.58. The summed E-state index contributed by atoms with van der Waals surface area (Å²) >= 11 is 0. The van der Waals surface area contributed by atoms with Gasteiger partial charge in [-0.25, -0.2) is 0 Å². The lowest BCUT2D eigenvalue weighted by Gasteiger charge is -2.33. The third kappa shape index (κ3) is 22.3. The first kappa shape index (κ1) is 67.5. The van der Waals surface area contributed by atoms with Gasteiger partial charge in [0.25, 0.3) is 0 Å². The molecule has 0 spiro atoms. The SMILES string of the molecule is CC.CC.CC.CC.CC.CC.CC1C=CC(c2ccccc2)=CC1.CC1C=CC=CC1.CCC1C(c2cc(C3=CC=C(C)CC3)ccc2C)C2=C(C=CCC=C2)C1(C)C.Cc1ccc(-c2ccccc2)cc1. The Morgan fingerprint density at radius 1 is 0.521 bits per heavy atom. The molecule has 0 heterocycles. The van der Waals surface area contributed by atoms with Crippen LogP contribution in [0.4, 0.5) is 0 Å². The highest BCUT2D eigenvalue weighted by Gasteiger charge is 2.46. The molecule has 9 rings (SSSR count). The Balaban J connectivity index is 0.000000969. The van der Waals surface area contributed by atoms with Crippen LogP contribution in [-0.4, -0.2) is 0 Å². The van der Waals surface area contributed by atoms with Gasteiger partial charge in [0.2, 0.25) is 0 Å². The average molecular weight is 984 g/mol. The molecule has 0 fully saturated rings. The maximum Gasteiger partial charge on any atom is 0.0131 e. The van der Waals surface area contributed by atoms with Crippen LogP contribution in [-0.2, 0) is 0 Å². The lowest BCUT2D eigenvalue weighted by atomic mass is 9.70. The van der Waals surface area contributed by atoms with Gasteiger partial charge in [0.05, 0.1) is 0 Å². The van der Waals surface area contributed by atoms with Crippen LogP contribution >= 0.6 is 0 Å². The van der Waals surface area contributed by atoms with Gasteiger partial charge in [0, 0.05) is 5.92 Å². The normalized spacial score (nSPS) is 18.8. The summed E-state index contributed by atoms with van der Waals surface area (Å²) in [5.41, 5.74) is 17.2. The molecule has 73 heavy (non-hydrogen) atoms. The largest absolute Gasteiger partial charge is 0.0840 e. The molecule has 5 aliphatic rings. The summed E-state index contributed by atoms with van der Waals surface area (Å²) in [6.07, 6.45) is 36.6. The van der Waals surface area contributed by atoms with Crippen LogP contribution in [0.2, 0.25) is 0 Å². The van der Waals surface area contributed by atoms with Crippen molar-refractivity contribution in [1.29, 1.82) is 0 Å². The second kappa shape index (κ2) is 40.0. The number of aryl methyl sites for hydroxylation is 2. The number of allylic oxidation sites excluding steroid dienone is 18. The molecular formula is C73H106. The molecular weight excluding hydrogens is 877 g/mol. The molecule has 0 amide bonds. The predicted molar refractivity (Wildman–Crippen MR) is 336 cm³/mol. The molecule has 4 aromatic rings. The summed E-state index contributed by atoms with van der Waals surface area (Å²) in [7, 11) is 0. The van der Waals surface area contributed by atoms with E-state index in [1.165, 1.54) is 81.3 Å². The summed E-state index contributed by atoms with van der Waals surface area (Å²) in [5.74, 6) is 2.61. The van der Waals surface area contributed by atoms with Crippen molar-refractivity contribution in [3.8, 4) is 11.1 Å². The van der Waals surface area contributed by atoms with Gasteiger partial charge in [0.15, 0.2) is 0 Å². The minimum Gasteiger partial charge on any atom is -0.0840 e. The molecule has 398 valence electrons. The molecule has 0 nitrogen and oxygen atoms in total. The van der Waals surface area contributed by atoms with Gasteiger partial charge in [-0.1, -0.05) is 317 Å². The van der Waals surface area contributed by atoms with Crippen molar-refractivity contribution in [2.45, 2.75) is 183 Å². The van der Waals surface area contributed by atoms with Crippen LogP contribution in [0.25, 0.3) is 22.3 Å². The highest BCUT2D eigenvalue weighted by atomic mass is 14.5. The third-order valence-electron chi connectivity index (χ3n) is 13.1. The second-order valence-electron chi connectivity index (χ2n) is 18.3. The molecule has 0 radical (unpaired) electrons. The maximum atomic E-state index is 2.51. The summed E-state index contributed by atoms with van der Waals surface area (Å²) in [6, 6.07) is 36.8. The van der Waals surface area contributed by atoms with Crippen molar-refractivity contribution < 1.29 is 0 Å². The van der Waals surface area contributed by atoms with Crippen molar-refractivity contribution in [1.82, 2.24) is 0 Å². The van der Waals surface area contributed by atoms with Gasteiger partial charge >= 0.3 is 0 Å². The van der Waals surface area contributed by atoms with Crippen molar-refractivity contribution in [3.05, 3.63) is 227 Å². The molecule has 5 aliphatic carbocycles. The van der Waals surface area contributed by atoms with E-state index in [0.29, 0.717) is 17.8 Å². The van der Waals surface area contributed by atoms with Crippen molar-refractivity contribution in [3.63, 3.8) is 0 Å². The van der Waals surface area contributed by atoms with Crippen molar-refractivity contribution in [2.24, 2.45) is 23.2 Å². The fourth-order valence-corrected chi connectivity index (χ4v) is 9.28. The van der Waals surface area contributed by atoms with Gasteiger partial charge < -0.3 is 0 Å². The fraction of sp³-hybridized carbons (Fsp3) is 0.425. The Labute approximate surface area is 452 Å². The maximum absolute atomic E-state index is 2.51. The van der Waals surface area contributed by atoms with Crippen LogP contribution < -0.4 is 0 Å². The second-order valence-corrected chi connectivity index (χ2v) is 18.3. The van der Waals surface area contributed by atoms with Crippen LogP contribution in [0.5, 0.6) is 0 Å². The number of hydrogen-bond donors (Lipinski definition) is 0. The number of rotatable bonds is 5. The number of hydrogen-bond acceptors (Lipinski definition) is 0. The van der Waals surface area contributed by atoms with Crippen molar-refractivity contribution in [2.75, 3.05) is 0 Å². The van der Waals surface area contributed by atoms with E-state index in [2.05, 4.69) is 231 Å². The van der Waals surface area contributed by atoms with E-state index in [1.807, 2.05) is 89.2 Å². The molecule has 0 saturated carbocycles. The Bertz CT molecular complexity index is 2330. The Hall–Kier alpha value is -5.46. The van der Waals surface area contributed by atoms with Gasteiger partial charge in [-0.3, -0.25) is 0 Å². The summed E-state index contributed by atoms with van der Waals surface area (Å²) < 4.78 is 0. The Morgan fingerprint density at radius 3 is 1.56 bits per heavy atom. The Morgan fingerprint density at radius 2 is 1.07 bits per heavy atom. The van der Waals surface area contributed by atoms with Gasteiger partial charge in [-0.05, 0) is 132 Å².